The van der Waals surface area contributed by atoms with Crippen LogP contribution in [0.1, 0.15) is 24.2 Å². The number of amides is 1. The first-order chi connectivity index (χ1) is 9.95. The summed E-state index contributed by atoms with van der Waals surface area (Å²) < 4.78 is 4.91. The highest BCUT2D eigenvalue weighted by Gasteiger charge is 2.21. The zero-order valence-electron chi connectivity index (χ0n) is 11.7. The predicted molar refractivity (Wildman–Crippen MR) is 76.2 cm³/mol. The van der Waals surface area contributed by atoms with E-state index in [1.807, 2.05) is 0 Å². The maximum absolute atomic E-state index is 11.8. The van der Waals surface area contributed by atoms with Gasteiger partial charge in [-0.1, -0.05) is 0 Å². The average Bonchev–Trinajstić information content (AvgIpc) is 2.43. The summed E-state index contributed by atoms with van der Waals surface area (Å²) in [5, 5.41) is 11.7. The summed E-state index contributed by atoms with van der Waals surface area (Å²) in [7, 11) is 0. The number of ether oxygens (including phenoxy) is 1. The lowest BCUT2D eigenvalue weighted by atomic mass is 10.3. The topological polar surface area (TPSA) is 106 Å². The van der Waals surface area contributed by atoms with E-state index >= 15 is 0 Å². The number of nitrogens with zero attached hydrogens (tertiary/aromatic N) is 1. The second-order valence-corrected chi connectivity index (χ2v) is 4.99. The first kappa shape index (κ1) is 17.0. The fraction of sp³-hybridized carbons (Fsp3) is 0.385. The van der Waals surface area contributed by atoms with Gasteiger partial charge in [0.15, 0.2) is 0 Å². The van der Waals surface area contributed by atoms with Crippen LogP contribution in [0.4, 0.5) is 0 Å². The molecule has 1 heterocycles. The van der Waals surface area contributed by atoms with Crippen LogP contribution in [0.2, 0.25) is 0 Å². The Morgan fingerprint density at radius 1 is 1.48 bits per heavy atom. The minimum Gasteiger partial charge on any atom is -0.480 e. The fourth-order valence-electron chi connectivity index (χ4n) is 1.45. The van der Waals surface area contributed by atoms with Crippen molar-refractivity contribution in [2.24, 2.45) is 0 Å². The summed E-state index contributed by atoms with van der Waals surface area (Å²) in [6.45, 7) is 3.17. The third-order valence-electron chi connectivity index (χ3n) is 2.33. The number of thioether (sulfide) groups is 1. The van der Waals surface area contributed by atoms with Crippen LogP contribution in [0.3, 0.4) is 0 Å². The molecule has 1 amide bonds. The molecule has 21 heavy (non-hydrogen) atoms. The van der Waals surface area contributed by atoms with Crippen molar-refractivity contribution in [1.82, 2.24) is 10.3 Å². The summed E-state index contributed by atoms with van der Waals surface area (Å²) in [5.41, 5.74) is 0.274. The van der Waals surface area contributed by atoms with Gasteiger partial charge in [0.1, 0.15) is 11.1 Å². The number of carboxylic acids is 1. The zero-order valence-corrected chi connectivity index (χ0v) is 12.5. The highest BCUT2D eigenvalue weighted by atomic mass is 32.2. The molecule has 1 atom stereocenters. The third-order valence-corrected chi connectivity index (χ3v) is 3.43. The molecule has 0 fully saturated rings. The van der Waals surface area contributed by atoms with E-state index in [2.05, 4.69) is 10.3 Å². The summed E-state index contributed by atoms with van der Waals surface area (Å²) in [6, 6.07) is 2.10. The molecule has 114 valence electrons. The van der Waals surface area contributed by atoms with E-state index in [0.717, 1.165) is 11.8 Å². The Labute approximate surface area is 126 Å². The number of nitrogens with one attached hydrogen (secondary N) is 1. The van der Waals surface area contributed by atoms with Gasteiger partial charge in [-0.05, 0) is 19.1 Å². The number of pyridine rings is 1. The Morgan fingerprint density at radius 2 is 2.19 bits per heavy atom. The molecule has 0 unspecified atom stereocenters. The maximum atomic E-state index is 11.8. The molecule has 0 saturated heterocycles. The average molecular weight is 312 g/mol. The molecule has 0 bridgehead atoms. The Kier molecular flexibility index (Phi) is 6.67. The van der Waals surface area contributed by atoms with Gasteiger partial charge in [-0.3, -0.25) is 4.79 Å². The quantitative estimate of drug-likeness (QED) is 0.570. The van der Waals surface area contributed by atoms with Gasteiger partial charge >= 0.3 is 11.9 Å². The number of aromatic nitrogens is 1. The number of hydrogen-bond donors (Lipinski definition) is 2. The molecular formula is C13H16N2O5S. The second-order valence-electron chi connectivity index (χ2n) is 3.98. The van der Waals surface area contributed by atoms with Gasteiger partial charge in [0.25, 0.3) is 0 Å². The lowest BCUT2D eigenvalue weighted by molar-refractivity contribution is -0.140. The second kappa shape index (κ2) is 8.25. The summed E-state index contributed by atoms with van der Waals surface area (Å²) in [4.78, 5) is 37.8. The molecule has 0 aliphatic carbocycles. The SMILES string of the molecule is CCOC(=O)c1cccnc1SC[C@H](NC(C)=O)C(=O)O. The number of carbonyl (C=O) groups is 3. The summed E-state index contributed by atoms with van der Waals surface area (Å²) in [5.74, 6) is -2.04. The van der Waals surface area contributed by atoms with E-state index in [1.54, 1.807) is 19.1 Å². The van der Waals surface area contributed by atoms with Gasteiger partial charge in [0, 0.05) is 18.9 Å². The predicted octanol–water partition coefficient (Wildman–Crippen LogP) is 0.940. The van der Waals surface area contributed by atoms with Crippen LogP contribution in [0.25, 0.3) is 0 Å². The van der Waals surface area contributed by atoms with E-state index in [9.17, 15) is 14.4 Å². The summed E-state index contributed by atoms with van der Waals surface area (Å²) >= 11 is 1.07. The van der Waals surface area contributed by atoms with Crippen molar-refractivity contribution in [2.45, 2.75) is 24.9 Å². The van der Waals surface area contributed by atoms with Crippen LogP contribution >= 0.6 is 11.8 Å². The molecule has 0 aliphatic rings. The number of hydrogen-bond acceptors (Lipinski definition) is 6. The van der Waals surface area contributed by atoms with E-state index in [4.69, 9.17) is 9.84 Å². The Balaban J connectivity index is 2.80. The monoisotopic (exact) mass is 312 g/mol. The molecule has 0 spiro atoms. The lowest BCUT2D eigenvalue weighted by Gasteiger charge is -2.13. The molecule has 0 aliphatic heterocycles. The van der Waals surface area contributed by atoms with Crippen molar-refractivity contribution in [2.75, 3.05) is 12.4 Å². The van der Waals surface area contributed by atoms with Gasteiger partial charge in [0.2, 0.25) is 5.91 Å². The molecule has 1 aromatic rings. The molecule has 0 saturated carbocycles. The molecular weight excluding hydrogens is 296 g/mol. The number of carboxylic acid groups (broad SMARTS) is 1. The minimum absolute atomic E-state index is 0.0539. The summed E-state index contributed by atoms with van der Waals surface area (Å²) in [6.07, 6.45) is 1.50. The number of esters is 1. The molecule has 2 N–H and O–H groups in total. The Bertz CT molecular complexity index is 535. The van der Waals surface area contributed by atoms with E-state index in [1.165, 1.54) is 13.1 Å². The number of rotatable bonds is 7. The molecule has 8 heteroatoms. The standard InChI is InChI=1S/C13H16N2O5S/c1-3-20-13(19)9-5-4-6-14-11(9)21-7-10(12(17)18)15-8(2)16/h4-6,10H,3,7H2,1-2H3,(H,15,16)(H,17,18)/t10-/m0/s1. The smallest absolute Gasteiger partial charge is 0.340 e. The van der Waals surface area contributed by atoms with E-state index in [0.29, 0.717) is 5.03 Å². The van der Waals surface area contributed by atoms with Crippen molar-refractivity contribution in [1.29, 1.82) is 0 Å². The van der Waals surface area contributed by atoms with Crippen LogP contribution in [0, 0.1) is 0 Å². The van der Waals surface area contributed by atoms with Gasteiger partial charge in [-0.25, -0.2) is 14.6 Å². The minimum atomic E-state index is -1.15. The largest absolute Gasteiger partial charge is 0.480 e. The first-order valence-corrected chi connectivity index (χ1v) is 7.19. The molecule has 0 aromatic carbocycles. The first-order valence-electron chi connectivity index (χ1n) is 6.20. The van der Waals surface area contributed by atoms with Gasteiger partial charge < -0.3 is 15.2 Å². The van der Waals surface area contributed by atoms with Crippen molar-refractivity contribution in [3.63, 3.8) is 0 Å². The molecule has 7 nitrogen and oxygen atoms in total. The zero-order chi connectivity index (χ0) is 15.8. The Hall–Kier alpha value is -2.09. The van der Waals surface area contributed by atoms with Crippen molar-refractivity contribution in [3.8, 4) is 0 Å². The van der Waals surface area contributed by atoms with Gasteiger partial charge in [-0.2, -0.15) is 0 Å². The Morgan fingerprint density at radius 3 is 2.76 bits per heavy atom. The van der Waals surface area contributed by atoms with E-state index in [-0.39, 0.29) is 17.9 Å². The van der Waals surface area contributed by atoms with Crippen LogP contribution in [-0.4, -0.2) is 46.3 Å². The molecule has 1 aromatic heterocycles. The third kappa shape index (κ3) is 5.42. The van der Waals surface area contributed by atoms with Crippen LogP contribution < -0.4 is 5.32 Å². The van der Waals surface area contributed by atoms with Crippen molar-refractivity contribution >= 4 is 29.6 Å². The van der Waals surface area contributed by atoms with Gasteiger partial charge in [0.05, 0.1) is 12.2 Å². The van der Waals surface area contributed by atoms with Crippen LogP contribution in [-0.2, 0) is 14.3 Å². The van der Waals surface area contributed by atoms with Crippen molar-refractivity contribution in [3.05, 3.63) is 23.9 Å². The van der Waals surface area contributed by atoms with E-state index < -0.39 is 23.9 Å². The highest BCUT2D eigenvalue weighted by Crippen LogP contribution is 2.21. The number of aliphatic carboxylic acids is 1. The van der Waals surface area contributed by atoms with Crippen LogP contribution in [0.5, 0.6) is 0 Å². The lowest BCUT2D eigenvalue weighted by Crippen LogP contribution is -2.41. The van der Waals surface area contributed by atoms with Crippen LogP contribution in [0.15, 0.2) is 23.4 Å². The maximum Gasteiger partial charge on any atom is 0.340 e. The highest BCUT2D eigenvalue weighted by molar-refractivity contribution is 7.99. The molecule has 1 rings (SSSR count). The van der Waals surface area contributed by atoms with Gasteiger partial charge in [-0.15, -0.1) is 11.8 Å². The fourth-order valence-corrected chi connectivity index (χ4v) is 2.45. The normalized spacial score (nSPS) is 11.5. The molecule has 0 radical (unpaired) electrons. The van der Waals surface area contributed by atoms with Crippen molar-refractivity contribution < 1.29 is 24.2 Å². The number of carbonyl (C=O) groups excluding carboxylic acids is 2.